The van der Waals surface area contributed by atoms with Gasteiger partial charge in [-0.1, -0.05) is 6.07 Å². The van der Waals surface area contributed by atoms with Crippen LogP contribution in [0.2, 0.25) is 0 Å². The first kappa shape index (κ1) is 11.8. The minimum Gasteiger partial charge on any atom is -0.481 e. The second kappa shape index (κ2) is 4.48. The van der Waals surface area contributed by atoms with Crippen LogP contribution in [0.1, 0.15) is 11.3 Å². The highest BCUT2D eigenvalue weighted by atomic mass is 19.4. The minimum absolute atomic E-state index is 0.000764. The second-order valence-electron chi connectivity index (χ2n) is 2.89. The lowest BCUT2D eigenvalue weighted by atomic mass is 10.2. The number of halogens is 3. The topological polar surface area (TPSA) is 34.2 Å². The van der Waals surface area contributed by atoms with Crippen LogP contribution >= 0.6 is 0 Å². The molecule has 0 radical (unpaired) electrons. The molecule has 1 aromatic rings. The van der Waals surface area contributed by atoms with E-state index < -0.39 is 11.9 Å². The maximum absolute atomic E-state index is 12.3. The highest BCUT2D eigenvalue weighted by Crippen LogP contribution is 2.29. The SMILES string of the molecule is CNCc1ccc(C(F)(F)F)nc1OC. The van der Waals surface area contributed by atoms with Crippen molar-refractivity contribution in [2.75, 3.05) is 14.2 Å². The standard InChI is InChI=1S/C9H11F3N2O/c1-13-5-6-3-4-7(9(10,11)12)14-8(6)15-2/h3-4,13H,5H2,1-2H3. The summed E-state index contributed by atoms with van der Waals surface area (Å²) in [6.07, 6.45) is -4.44. The van der Waals surface area contributed by atoms with E-state index in [0.29, 0.717) is 12.1 Å². The first-order valence-corrected chi connectivity index (χ1v) is 4.24. The van der Waals surface area contributed by atoms with Gasteiger partial charge in [-0.15, -0.1) is 0 Å². The van der Waals surface area contributed by atoms with E-state index in [1.165, 1.54) is 13.2 Å². The lowest BCUT2D eigenvalue weighted by Crippen LogP contribution is -2.12. The van der Waals surface area contributed by atoms with Gasteiger partial charge in [0.15, 0.2) is 0 Å². The predicted molar refractivity (Wildman–Crippen MR) is 48.6 cm³/mol. The van der Waals surface area contributed by atoms with E-state index in [1.807, 2.05) is 0 Å². The molecule has 0 bridgehead atoms. The molecule has 0 aliphatic carbocycles. The molecule has 0 atom stereocenters. The Morgan fingerprint density at radius 1 is 1.40 bits per heavy atom. The smallest absolute Gasteiger partial charge is 0.433 e. The Labute approximate surface area is 85.3 Å². The van der Waals surface area contributed by atoms with E-state index >= 15 is 0 Å². The molecular weight excluding hydrogens is 209 g/mol. The molecule has 0 saturated heterocycles. The number of hydrogen-bond acceptors (Lipinski definition) is 3. The van der Waals surface area contributed by atoms with Crippen molar-refractivity contribution in [2.45, 2.75) is 12.7 Å². The fourth-order valence-electron chi connectivity index (χ4n) is 1.13. The molecule has 0 aliphatic heterocycles. The van der Waals surface area contributed by atoms with Crippen LogP contribution in [-0.2, 0) is 12.7 Å². The van der Waals surface area contributed by atoms with Crippen molar-refractivity contribution < 1.29 is 17.9 Å². The average molecular weight is 220 g/mol. The van der Waals surface area contributed by atoms with Crippen molar-refractivity contribution in [2.24, 2.45) is 0 Å². The summed E-state index contributed by atoms with van der Waals surface area (Å²) in [5, 5.41) is 2.82. The van der Waals surface area contributed by atoms with E-state index in [9.17, 15) is 13.2 Å². The maximum atomic E-state index is 12.3. The Morgan fingerprint density at radius 2 is 2.07 bits per heavy atom. The normalized spacial score (nSPS) is 11.5. The monoisotopic (exact) mass is 220 g/mol. The zero-order chi connectivity index (χ0) is 11.5. The number of alkyl halides is 3. The van der Waals surface area contributed by atoms with E-state index in [-0.39, 0.29) is 5.88 Å². The number of aromatic nitrogens is 1. The third kappa shape index (κ3) is 2.82. The molecule has 0 saturated carbocycles. The molecule has 1 aromatic heterocycles. The fourth-order valence-corrected chi connectivity index (χ4v) is 1.13. The maximum Gasteiger partial charge on any atom is 0.433 e. The first-order valence-electron chi connectivity index (χ1n) is 4.24. The molecule has 1 N–H and O–H groups in total. The van der Waals surface area contributed by atoms with Gasteiger partial charge in [0.25, 0.3) is 0 Å². The minimum atomic E-state index is -4.44. The molecule has 1 rings (SSSR count). The van der Waals surface area contributed by atoms with Crippen molar-refractivity contribution in [3.05, 3.63) is 23.4 Å². The number of nitrogens with one attached hydrogen (secondary N) is 1. The van der Waals surface area contributed by atoms with E-state index in [2.05, 4.69) is 10.3 Å². The van der Waals surface area contributed by atoms with Crippen LogP contribution in [0.15, 0.2) is 12.1 Å². The zero-order valence-corrected chi connectivity index (χ0v) is 8.35. The van der Waals surface area contributed by atoms with Gasteiger partial charge in [0, 0.05) is 12.1 Å². The van der Waals surface area contributed by atoms with Crippen LogP contribution in [-0.4, -0.2) is 19.1 Å². The Morgan fingerprint density at radius 3 is 2.53 bits per heavy atom. The van der Waals surface area contributed by atoms with Crippen molar-refractivity contribution >= 4 is 0 Å². The molecule has 0 spiro atoms. The van der Waals surface area contributed by atoms with E-state index in [0.717, 1.165) is 6.07 Å². The number of nitrogens with zero attached hydrogens (tertiary/aromatic N) is 1. The highest BCUT2D eigenvalue weighted by molar-refractivity contribution is 5.29. The molecule has 1 heterocycles. The van der Waals surface area contributed by atoms with Crippen LogP contribution < -0.4 is 10.1 Å². The van der Waals surface area contributed by atoms with Crippen LogP contribution in [0.25, 0.3) is 0 Å². The summed E-state index contributed by atoms with van der Waals surface area (Å²) in [7, 11) is 2.98. The summed E-state index contributed by atoms with van der Waals surface area (Å²) < 4.78 is 41.6. The summed E-state index contributed by atoms with van der Waals surface area (Å²) in [5.74, 6) is -0.000764. The third-order valence-corrected chi connectivity index (χ3v) is 1.79. The summed E-state index contributed by atoms with van der Waals surface area (Å²) in [6.45, 7) is 0.411. The zero-order valence-electron chi connectivity index (χ0n) is 8.35. The van der Waals surface area contributed by atoms with Gasteiger partial charge in [0.1, 0.15) is 5.69 Å². The van der Waals surface area contributed by atoms with Crippen LogP contribution in [0, 0.1) is 0 Å². The van der Waals surface area contributed by atoms with E-state index in [1.54, 1.807) is 7.05 Å². The van der Waals surface area contributed by atoms with Gasteiger partial charge in [-0.25, -0.2) is 4.98 Å². The number of methoxy groups -OCH3 is 1. The van der Waals surface area contributed by atoms with Gasteiger partial charge in [-0.2, -0.15) is 13.2 Å². The highest BCUT2D eigenvalue weighted by Gasteiger charge is 2.33. The molecule has 0 amide bonds. The number of rotatable bonds is 3. The van der Waals surface area contributed by atoms with Crippen molar-refractivity contribution in [1.82, 2.24) is 10.3 Å². The summed E-state index contributed by atoms with van der Waals surface area (Å²) in [4.78, 5) is 3.39. The summed E-state index contributed by atoms with van der Waals surface area (Å²) in [5.41, 5.74) is -0.354. The molecule has 0 unspecified atom stereocenters. The Bertz CT molecular complexity index is 339. The van der Waals surface area contributed by atoms with Crippen molar-refractivity contribution in [1.29, 1.82) is 0 Å². The van der Waals surface area contributed by atoms with Gasteiger partial charge in [0.2, 0.25) is 5.88 Å². The molecule has 0 fully saturated rings. The van der Waals surface area contributed by atoms with E-state index in [4.69, 9.17) is 4.74 Å². The fraction of sp³-hybridized carbons (Fsp3) is 0.444. The van der Waals surface area contributed by atoms with Crippen molar-refractivity contribution in [3.8, 4) is 5.88 Å². The first-order chi connectivity index (χ1) is 6.99. The van der Waals surface area contributed by atoms with Gasteiger partial charge < -0.3 is 10.1 Å². The molecule has 0 aromatic carbocycles. The number of pyridine rings is 1. The molecule has 3 nitrogen and oxygen atoms in total. The second-order valence-corrected chi connectivity index (χ2v) is 2.89. The number of hydrogen-bond donors (Lipinski definition) is 1. The summed E-state index contributed by atoms with van der Waals surface area (Å²) in [6, 6.07) is 2.29. The van der Waals surface area contributed by atoms with Crippen LogP contribution in [0.4, 0.5) is 13.2 Å². The van der Waals surface area contributed by atoms with Gasteiger partial charge in [-0.05, 0) is 13.1 Å². The van der Waals surface area contributed by atoms with Gasteiger partial charge in [0.05, 0.1) is 7.11 Å². The van der Waals surface area contributed by atoms with Crippen LogP contribution in [0.5, 0.6) is 5.88 Å². The Hall–Kier alpha value is -1.30. The van der Waals surface area contributed by atoms with Gasteiger partial charge in [-0.3, -0.25) is 0 Å². The average Bonchev–Trinajstić information content (AvgIpc) is 2.17. The molecule has 84 valence electrons. The Balaban J connectivity index is 3.08. The Kier molecular flexibility index (Phi) is 3.52. The predicted octanol–water partition coefficient (Wildman–Crippen LogP) is 1.83. The van der Waals surface area contributed by atoms with Gasteiger partial charge >= 0.3 is 6.18 Å². The largest absolute Gasteiger partial charge is 0.481 e. The molecular formula is C9H11F3N2O. The lowest BCUT2D eigenvalue weighted by Gasteiger charge is -2.10. The quantitative estimate of drug-likeness (QED) is 0.843. The van der Waals surface area contributed by atoms with Crippen molar-refractivity contribution in [3.63, 3.8) is 0 Å². The number of ether oxygens (including phenoxy) is 1. The molecule has 0 aliphatic rings. The lowest BCUT2D eigenvalue weighted by molar-refractivity contribution is -0.141. The molecule has 6 heteroatoms. The third-order valence-electron chi connectivity index (χ3n) is 1.79. The summed E-state index contributed by atoms with van der Waals surface area (Å²) >= 11 is 0. The van der Waals surface area contributed by atoms with Crippen LogP contribution in [0.3, 0.4) is 0 Å². The molecule has 15 heavy (non-hydrogen) atoms.